The van der Waals surface area contributed by atoms with Gasteiger partial charge in [-0.3, -0.25) is 0 Å². The highest BCUT2D eigenvalue weighted by Crippen LogP contribution is 2.22. The van der Waals surface area contributed by atoms with E-state index in [4.69, 9.17) is 10.5 Å². The zero-order valence-electron chi connectivity index (χ0n) is 14.1. The molecular formula is C15H25N5O2S. The van der Waals surface area contributed by atoms with Crippen LogP contribution >= 0.6 is 11.8 Å². The minimum atomic E-state index is -0.475. The van der Waals surface area contributed by atoms with Gasteiger partial charge in [-0.05, 0) is 39.9 Å². The molecule has 0 atom stereocenters. The summed E-state index contributed by atoms with van der Waals surface area (Å²) < 4.78 is 5.29. The van der Waals surface area contributed by atoms with Gasteiger partial charge in [0.1, 0.15) is 17.2 Å². The van der Waals surface area contributed by atoms with Crippen LogP contribution in [-0.2, 0) is 4.74 Å². The highest BCUT2D eigenvalue weighted by molar-refractivity contribution is 7.98. The lowest BCUT2D eigenvalue weighted by molar-refractivity contribution is 0.0497. The van der Waals surface area contributed by atoms with Crippen molar-refractivity contribution in [2.75, 3.05) is 30.0 Å². The first kappa shape index (κ1) is 17.7. The summed E-state index contributed by atoms with van der Waals surface area (Å²) in [6, 6.07) is 1.92. The number of hydrogen-bond acceptors (Lipinski definition) is 7. The Morgan fingerprint density at radius 1 is 1.39 bits per heavy atom. The fourth-order valence-corrected chi connectivity index (χ4v) is 2.79. The summed E-state index contributed by atoms with van der Waals surface area (Å²) in [5.41, 5.74) is 5.35. The molecule has 3 N–H and O–H groups in total. The lowest BCUT2D eigenvalue weighted by Crippen LogP contribution is -2.46. The van der Waals surface area contributed by atoms with Gasteiger partial charge in [-0.2, -0.15) is 0 Å². The number of carbonyl (C=O) groups excluding carboxylic acids is 1. The van der Waals surface area contributed by atoms with Gasteiger partial charge in [-0.25, -0.2) is 14.8 Å². The molecule has 1 aliphatic rings. The van der Waals surface area contributed by atoms with E-state index in [1.54, 1.807) is 6.07 Å². The number of anilines is 2. The average Bonchev–Trinajstić information content (AvgIpc) is 2.45. The highest BCUT2D eigenvalue weighted by Gasteiger charge is 2.24. The highest BCUT2D eigenvalue weighted by atomic mass is 32.2. The molecule has 1 aromatic heterocycles. The summed E-state index contributed by atoms with van der Waals surface area (Å²) in [6.45, 7) is 7.20. The number of nitrogens with zero attached hydrogens (tertiary/aromatic N) is 3. The molecule has 1 aromatic rings. The van der Waals surface area contributed by atoms with E-state index in [1.807, 2.05) is 27.0 Å². The number of rotatable bonds is 3. The fourth-order valence-electron chi connectivity index (χ4n) is 2.41. The number of piperidine rings is 1. The summed E-state index contributed by atoms with van der Waals surface area (Å²) in [6.07, 6.45) is 3.26. The fraction of sp³-hybridized carbons (Fsp3) is 0.667. The van der Waals surface area contributed by atoms with Crippen LogP contribution in [0.4, 0.5) is 16.4 Å². The van der Waals surface area contributed by atoms with Crippen molar-refractivity contribution in [1.29, 1.82) is 0 Å². The standard InChI is InChI=1S/C15H25N5O2S/c1-15(2,3)22-14(21)17-10-5-7-20(8-6-10)12-9-11(16)18-13(19-12)23-4/h9-10H,5-8H2,1-4H3,(H,17,21)(H2,16,18,19). The van der Waals surface area contributed by atoms with Gasteiger partial charge in [0.05, 0.1) is 0 Å². The van der Waals surface area contributed by atoms with E-state index < -0.39 is 5.60 Å². The van der Waals surface area contributed by atoms with Crippen LogP contribution in [0.15, 0.2) is 11.2 Å². The minimum Gasteiger partial charge on any atom is -0.444 e. The quantitative estimate of drug-likeness (QED) is 0.644. The van der Waals surface area contributed by atoms with Crippen LogP contribution in [-0.4, -0.2) is 47.0 Å². The summed E-state index contributed by atoms with van der Waals surface area (Å²) in [5.74, 6) is 1.32. The number of nitrogens with one attached hydrogen (secondary N) is 1. The molecule has 2 heterocycles. The molecule has 1 fully saturated rings. The van der Waals surface area contributed by atoms with E-state index in [9.17, 15) is 4.79 Å². The van der Waals surface area contributed by atoms with E-state index in [1.165, 1.54) is 11.8 Å². The second-order valence-corrected chi connectivity index (χ2v) is 7.32. The molecule has 0 aliphatic carbocycles. The molecule has 1 saturated heterocycles. The third-order valence-corrected chi connectivity index (χ3v) is 3.98. The number of nitrogens with two attached hydrogens (primary N) is 1. The zero-order chi connectivity index (χ0) is 17.0. The van der Waals surface area contributed by atoms with Gasteiger partial charge in [-0.1, -0.05) is 11.8 Å². The van der Waals surface area contributed by atoms with E-state index in [0.29, 0.717) is 11.0 Å². The lowest BCUT2D eigenvalue weighted by atomic mass is 10.1. The molecule has 128 valence electrons. The van der Waals surface area contributed by atoms with Crippen molar-refractivity contribution >= 4 is 29.5 Å². The van der Waals surface area contributed by atoms with Crippen LogP contribution in [0.3, 0.4) is 0 Å². The Bertz CT molecular complexity index is 553. The summed E-state index contributed by atoms with van der Waals surface area (Å²) in [4.78, 5) is 22.7. The van der Waals surface area contributed by atoms with E-state index >= 15 is 0 Å². The van der Waals surface area contributed by atoms with E-state index in [0.717, 1.165) is 31.7 Å². The summed E-state index contributed by atoms with van der Waals surface area (Å²) in [7, 11) is 0. The first-order chi connectivity index (χ1) is 10.8. The topological polar surface area (TPSA) is 93.4 Å². The molecule has 0 unspecified atom stereocenters. The second-order valence-electron chi connectivity index (χ2n) is 6.55. The normalized spacial score (nSPS) is 16.3. The predicted molar refractivity (Wildman–Crippen MR) is 92.8 cm³/mol. The number of aromatic nitrogens is 2. The number of alkyl carbamates (subject to hydrolysis) is 1. The van der Waals surface area contributed by atoms with Crippen molar-refractivity contribution in [3.8, 4) is 0 Å². The van der Waals surface area contributed by atoms with Gasteiger partial charge in [0.25, 0.3) is 0 Å². The van der Waals surface area contributed by atoms with Crippen molar-refractivity contribution in [2.45, 2.75) is 50.4 Å². The van der Waals surface area contributed by atoms with Crippen molar-refractivity contribution in [1.82, 2.24) is 15.3 Å². The van der Waals surface area contributed by atoms with Gasteiger partial charge in [-0.15, -0.1) is 0 Å². The Balaban J connectivity index is 1.89. The Kier molecular flexibility index (Phi) is 5.56. The van der Waals surface area contributed by atoms with Crippen LogP contribution in [0.25, 0.3) is 0 Å². The van der Waals surface area contributed by atoms with E-state index in [2.05, 4.69) is 20.2 Å². The molecule has 23 heavy (non-hydrogen) atoms. The molecule has 0 spiro atoms. The maximum absolute atomic E-state index is 11.8. The largest absolute Gasteiger partial charge is 0.444 e. The predicted octanol–water partition coefficient (Wildman–Crippen LogP) is 2.27. The molecule has 2 rings (SSSR count). The number of ether oxygens (including phenoxy) is 1. The third kappa shape index (κ3) is 5.46. The van der Waals surface area contributed by atoms with Gasteiger partial charge in [0, 0.05) is 25.2 Å². The van der Waals surface area contributed by atoms with Crippen LogP contribution in [0.1, 0.15) is 33.6 Å². The SMILES string of the molecule is CSc1nc(N)cc(N2CCC(NC(=O)OC(C)(C)C)CC2)n1. The number of amides is 1. The molecule has 0 bridgehead atoms. The Morgan fingerprint density at radius 3 is 2.61 bits per heavy atom. The Hall–Kier alpha value is -1.70. The van der Waals surface area contributed by atoms with Gasteiger partial charge < -0.3 is 20.7 Å². The maximum atomic E-state index is 11.8. The first-order valence-electron chi connectivity index (χ1n) is 7.70. The van der Waals surface area contributed by atoms with Gasteiger partial charge in [0.15, 0.2) is 5.16 Å². The Morgan fingerprint density at radius 2 is 2.04 bits per heavy atom. The number of carbonyl (C=O) groups is 1. The van der Waals surface area contributed by atoms with Crippen molar-refractivity contribution < 1.29 is 9.53 Å². The van der Waals surface area contributed by atoms with Crippen LogP contribution in [0.5, 0.6) is 0 Å². The average molecular weight is 339 g/mol. The minimum absolute atomic E-state index is 0.125. The van der Waals surface area contributed by atoms with E-state index in [-0.39, 0.29) is 12.1 Å². The molecular weight excluding hydrogens is 314 g/mol. The third-order valence-electron chi connectivity index (χ3n) is 3.43. The lowest BCUT2D eigenvalue weighted by Gasteiger charge is -2.33. The second kappa shape index (κ2) is 7.25. The first-order valence-corrected chi connectivity index (χ1v) is 8.92. The molecule has 8 heteroatoms. The van der Waals surface area contributed by atoms with Gasteiger partial charge >= 0.3 is 6.09 Å². The van der Waals surface area contributed by atoms with Crippen LogP contribution in [0.2, 0.25) is 0 Å². The Labute approximate surface area is 141 Å². The van der Waals surface area contributed by atoms with Crippen molar-refractivity contribution in [3.05, 3.63) is 6.07 Å². The summed E-state index contributed by atoms with van der Waals surface area (Å²) >= 11 is 1.47. The van der Waals surface area contributed by atoms with Crippen molar-refractivity contribution in [3.63, 3.8) is 0 Å². The molecule has 1 aliphatic heterocycles. The van der Waals surface area contributed by atoms with Crippen molar-refractivity contribution in [2.24, 2.45) is 0 Å². The molecule has 0 radical (unpaired) electrons. The smallest absolute Gasteiger partial charge is 0.407 e. The zero-order valence-corrected chi connectivity index (χ0v) is 14.9. The number of nitrogen functional groups attached to an aromatic ring is 1. The molecule has 0 aromatic carbocycles. The molecule has 0 saturated carbocycles. The monoisotopic (exact) mass is 339 g/mol. The van der Waals surface area contributed by atoms with Gasteiger partial charge in [0.2, 0.25) is 0 Å². The number of hydrogen-bond donors (Lipinski definition) is 2. The molecule has 7 nitrogen and oxygen atoms in total. The molecule has 1 amide bonds. The van der Waals surface area contributed by atoms with Crippen LogP contribution in [0, 0.1) is 0 Å². The van der Waals surface area contributed by atoms with Crippen LogP contribution < -0.4 is 16.0 Å². The summed E-state index contributed by atoms with van der Waals surface area (Å²) in [5, 5.41) is 3.61. The number of thioether (sulfide) groups is 1. The maximum Gasteiger partial charge on any atom is 0.407 e.